The highest BCUT2D eigenvalue weighted by Gasteiger charge is 2.32. The van der Waals surface area contributed by atoms with Gasteiger partial charge in [0.05, 0.1) is 6.04 Å². The lowest BCUT2D eigenvalue weighted by Gasteiger charge is -2.29. The topological polar surface area (TPSA) is 32.3 Å². The van der Waals surface area contributed by atoms with Crippen molar-refractivity contribution in [1.82, 2.24) is 5.32 Å². The van der Waals surface area contributed by atoms with Gasteiger partial charge in [-0.1, -0.05) is 31.5 Å². The zero-order valence-electron chi connectivity index (χ0n) is 11.7. The van der Waals surface area contributed by atoms with Crippen molar-refractivity contribution in [2.45, 2.75) is 33.7 Å². The minimum Gasteiger partial charge on any atom is -0.311 e. The maximum Gasteiger partial charge on any atom is 0.243 e. The summed E-state index contributed by atoms with van der Waals surface area (Å²) in [7, 11) is 0. The molecule has 3 nitrogen and oxygen atoms in total. The Morgan fingerprint density at radius 2 is 1.89 bits per heavy atom. The first kappa shape index (κ1) is 13.1. The van der Waals surface area contributed by atoms with Crippen LogP contribution < -0.4 is 10.2 Å². The van der Waals surface area contributed by atoms with Crippen LogP contribution in [0.2, 0.25) is 0 Å². The van der Waals surface area contributed by atoms with E-state index in [0.29, 0.717) is 0 Å². The lowest BCUT2D eigenvalue weighted by molar-refractivity contribution is -0.119. The standard InChI is InChI=1S/C15H22N2O/c1-11-5-7-13(8-6-11)17-10-15(3,4)9-16-12(2)14(17)18/h5-8,12,16H,9-10H2,1-4H3. The maximum absolute atomic E-state index is 12.4. The van der Waals surface area contributed by atoms with Crippen LogP contribution >= 0.6 is 0 Å². The van der Waals surface area contributed by atoms with Crippen LogP contribution in [-0.4, -0.2) is 25.0 Å². The molecule has 0 bridgehead atoms. The molecule has 1 aliphatic rings. The summed E-state index contributed by atoms with van der Waals surface area (Å²) in [5.41, 5.74) is 2.30. The van der Waals surface area contributed by atoms with Gasteiger partial charge >= 0.3 is 0 Å². The maximum atomic E-state index is 12.4. The van der Waals surface area contributed by atoms with Crippen molar-refractivity contribution in [3.63, 3.8) is 0 Å². The van der Waals surface area contributed by atoms with Crippen molar-refractivity contribution in [3.05, 3.63) is 29.8 Å². The molecule has 1 amide bonds. The van der Waals surface area contributed by atoms with E-state index in [4.69, 9.17) is 0 Å². The lowest BCUT2D eigenvalue weighted by atomic mass is 9.93. The van der Waals surface area contributed by atoms with E-state index in [-0.39, 0.29) is 17.4 Å². The van der Waals surface area contributed by atoms with Crippen molar-refractivity contribution >= 4 is 11.6 Å². The third-order valence-corrected chi connectivity index (χ3v) is 3.46. The van der Waals surface area contributed by atoms with Gasteiger partial charge in [0, 0.05) is 18.8 Å². The van der Waals surface area contributed by atoms with Gasteiger partial charge in [-0.2, -0.15) is 0 Å². The Kier molecular flexibility index (Phi) is 3.44. The number of benzene rings is 1. The number of hydrogen-bond acceptors (Lipinski definition) is 2. The SMILES string of the molecule is Cc1ccc(N2CC(C)(C)CNC(C)C2=O)cc1. The van der Waals surface area contributed by atoms with E-state index in [2.05, 4.69) is 38.2 Å². The minimum absolute atomic E-state index is 0.0886. The molecule has 0 radical (unpaired) electrons. The van der Waals surface area contributed by atoms with Crippen molar-refractivity contribution in [2.75, 3.05) is 18.0 Å². The largest absolute Gasteiger partial charge is 0.311 e. The molecule has 1 N–H and O–H groups in total. The van der Waals surface area contributed by atoms with Crippen molar-refractivity contribution in [2.24, 2.45) is 5.41 Å². The first-order valence-corrected chi connectivity index (χ1v) is 6.50. The monoisotopic (exact) mass is 246 g/mol. The number of amides is 1. The summed E-state index contributed by atoms with van der Waals surface area (Å²) >= 11 is 0. The molecule has 0 spiro atoms. The Morgan fingerprint density at radius 3 is 2.50 bits per heavy atom. The second kappa shape index (κ2) is 4.73. The Balaban J connectivity index is 2.33. The van der Waals surface area contributed by atoms with Crippen LogP contribution in [0.5, 0.6) is 0 Å². The predicted octanol–water partition coefficient (Wildman–Crippen LogP) is 2.35. The smallest absolute Gasteiger partial charge is 0.243 e. The van der Waals surface area contributed by atoms with Crippen LogP contribution in [0.15, 0.2) is 24.3 Å². The Morgan fingerprint density at radius 1 is 1.28 bits per heavy atom. The van der Waals surface area contributed by atoms with Gasteiger partial charge < -0.3 is 10.2 Å². The molecule has 1 aromatic carbocycles. The molecule has 1 heterocycles. The predicted molar refractivity (Wildman–Crippen MR) is 74.8 cm³/mol. The normalized spacial score (nSPS) is 23.9. The van der Waals surface area contributed by atoms with Gasteiger partial charge in [-0.25, -0.2) is 0 Å². The molecular weight excluding hydrogens is 224 g/mol. The highest BCUT2D eigenvalue weighted by Crippen LogP contribution is 2.25. The summed E-state index contributed by atoms with van der Waals surface area (Å²) in [6, 6.07) is 8.05. The summed E-state index contributed by atoms with van der Waals surface area (Å²) < 4.78 is 0. The molecule has 3 heteroatoms. The summed E-state index contributed by atoms with van der Waals surface area (Å²) in [6.07, 6.45) is 0. The third-order valence-electron chi connectivity index (χ3n) is 3.46. The molecule has 18 heavy (non-hydrogen) atoms. The summed E-state index contributed by atoms with van der Waals surface area (Å²) in [4.78, 5) is 14.3. The first-order chi connectivity index (χ1) is 8.39. The highest BCUT2D eigenvalue weighted by atomic mass is 16.2. The fourth-order valence-electron chi connectivity index (χ4n) is 2.26. The number of carbonyl (C=O) groups excluding carboxylic acids is 1. The number of aryl methyl sites for hydroxylation is 1. The van der Waals surface area contributed by atoms with E-state index >= 15 is 0 Å². The van der Waals surface area contributed by atoms with Crippen molar-refractivity contribution in [1.29, 1.82) is 0 Å². The molecule has 98 valence electrons. The zero-order chi connectivity index (χ0) is 13.3. The molecule has 0 aromatic heterocycles. The Labute approximate surface area is 109 Å². The van der Waals surface area contributed by atoms with Gasteiger partial charge in [0.15, 0.2) is 0 Å². The van der Waals surface area contributed by atoms with E-state index < -0.39 is 0 Å². The van der Waals surface area contributed by atoms with Gasteiger partial charge in [-0.3, -0.25) is 4.79 Å². The second-order valence-electron chi connectivity index (χ2n) is 6.03. The minimum atomic E-state index is -0.118. The molecule has 1 aromatic rings. The molecule has 0 saturated carbocycles. The average molecular weight is 246 g/mol. The van der Waals surface area contributed by atoms with E-state index in [1.807, 2.05) is 24.0 Å². The van der Waals surface area contributed by atoms with Gasteiger partial charge in [0.2, 0.25) is 5.91 Å². The lowest BCUT2D eigenvalue weighted by Crippen LogP contribution is -2.42. The fourth-order valence-corrected chi connectivity index (χ4v) is 2.26. The van der Waals surface area contributed by atoms with E-state index in [1.54, 1.807) is 0 Å². The number of nitrogens with zero attached hydrogens (tertiary/aromatic N) is 1. The number of rotatable bonds is 1. The quantitative estimate of drug-likeness (QED) is 0.825. The molecule has 0 aliphatic carbocycles. The average Bonchev–Trinajstić information content (AvgIpc) is 2.42. The molecule has 1 aliphatic heterocycles. The summed E-state index contributed by atoms with van der Waals surface area (Å²) in [6.45, 7) is 9.99. The van der Waals surface area contributed by atoms with Gasteiger partial charge in [-0.05, 0) is 31.4 Å². The first-order valence-electron chi connectivity index (χ1n) is 6.50. The highest BCUT2D eigenvalue weighted by molar-refractivity contribution is 5.97. The van der Waals surface area contributed by atoms with Crippen molar-refractivity contribution in [3.8, 4) is 0 Å². The van der Waals surface area contributed by atoms with Crippen LogP contribution in [0.4, 0.5) is 5.69 Å². The van der Waals surface area contributed by atoms with E-state index in [0.717, 1.165) is 18.8 Å². The molecule has 1 saturated heterocycles. The summed E-state index contributed by atoms with van der Waals surface area (Å²) in [5, 5.41) is 3.30. The molecule has 2 rings (SSSR count). The van der Waals surface area contributed by atoms with E-state index in [9.17, 15) is 4.79 Å². The summed E-state index contributed by atoms with van der Waals surface area (Å²) in [5.74, 6) is 0.157. The third kappa shape index (κ3) is 2.72. The number of anilines is 1. The van der Waals surface area contributed by atoms with E-state index in [1.165, 1.54) is 5.56 Å². The zero-order valence-corrected chi connectivity index (χ0v) is 11.7. The van der Waals surface area contributed by atoms with Crippen LogP contribution in [0.3, 0.4) is 0 Å². The molecular formula is C15H22N2O. The second-order valence-corrected chi connectivity index (χ2v) is 6.03. The van der Waals surface area contributed by atoms with Crippen LogP contribution in [-0.2, 0) is 4.79 Å². The molecule has 1 atom stereocenters. The van der Waals surface area contributed by atoms with Crippen molar-refractivity contribution < 1.29 is 4.79 Å². The van der Waals surface area contributed by atoms with Gasteiger partial charge in [0.1, 0.15) is 0 Å². The fraction of sp³-hybridized carbons (Fsp3) is 0.533. The number of carbonyl (C=O) groups is 1. The van der Waals surface area contributed by atoms with Gasteiger partial charge in [-0.15, -0.1) is 0 Å². The Hall–Kier alpha value is -1.35. The van der Waals surface area contributed by atoms with Crippen LogP contribution in [0.1, 0.15) is 26.3 Å². The van der Waals surface area contributed by atoms with Crippen LogP contribution in [0, 0.1) is 12.3 Å². The molecule has 1 fully saturated rings. The number of nitrogens with one attached hydrogen (secondary N) is 1. The molecule has 1 unspecified atom stereocenters. The van der Waals surface area contributed by atoms with Crippen LogP contribution in [0.25, 0.3) is 0 Å². The number of hydrogen-bond donors (Lipinski definition) is 1. The van der Waals surface area contributed by atoms with Gasteiger partial charge in [0.25, 0.3) is 0 Å². The Bertz CT molecular complexity index is 436.